The minimum atomic E-state index is -1.63. The van der Waals surface area contributed by atoms with Crippen molar-refractivity contribution < 1.29 is 27.8 Å². The Morgan fingerprint density at radius 1 is 1.38 bits per heavy atom. The topological polar surface area (TPSA) is 61.8 Å². The Hall–Kier alpha value is -1.64. The first-order valence-corrected chi connectivity index (χ1v) is 6.39. The van der Waals surface area contributed by atoms with Crippen molar-refractivity contribution in [2.45, 2.75) is 6.04 Å². The normalized spacial score (nSPS) is 19.5. The molecule has 1 amide bonds. The fourth-order valence-corrected chi connectivity index (χ4v) is 2.06. The molecule has 8 heteroatoms. The molecule has 1 heterocycles. The molecule has 5 nitrogen and oxygen atoms in total. The van der Waals surface area contributed by atoms with Gasteiger partial charge >= 0.3 is 0 Å². The van der Waals surface area contributed by atoms with Crippen LogP contribution in [0.3, 0.4) is 0 Å². The molecule has 0 saturated carbocycles. The number of rotatable bonds is 4. The fraction of sp³-hybridized carbons (Fsp3) is 0.462. The Balaban J connectivity index is 2.00. The predicted molar refractivity (Wildman–Crippen MR) is 68.2 cm³/mol. The number of hydrogen-bond acceptors (Lipinski definition) is 4. The second kappa shape index (κ2) is 6.88. The number of aliphatic hydroxyl groups is 1. The van der Waals surface area contributed by atoms with E-state index in [-0.39, 0.29) is 19.2 Å². The lowest BCUT2D eigenvalue weighted by molar-refractivity contribution is -0.120. The summed E-state index contributed by atoms with van der Waals surface area (Å²) in [6.07, 6.45) is 0. The number of nitrogens with zero attached hydrogens (tertiary/aromatic N) is 1. The summed E-state index contributed by atoms with van der Waals surface area (Å²) in [4.78, 5) is 13.5. The quantitative estimate of drug-likeness (QED) is 0.805. The van der Waals surface area contributed by atoms with E-state index in [1.54, 1.807) is 4.90 Å². The average molecular weight is 304 g/mol. The minimum Gasteiger partial charge on any atom is -0.395 e. The molecular formula is C13H15F3N2O3. The van der Waals surface area contributed by atoms with Gasteiger partial charge in [-0.15, -0.1) is 0 Å². The second-order valence-electron chi connectivity index (χ2n) is 4.65. The van der Waals surface area contributed by atoms with E-state index in [2.05, 4.69) is 5.32 Å². The molecule has 1 fully saturated rings. The van der Waals surface area contributed by atoms with Crippen LogP contribution in [-0.2, 0) is 9.53 Å². The minimum absolute atomic E-state index is 0.104. The van der Waals surface area contributed by atoms with Crippen molar-refractivity contribution in [1.82, 2.24) is 4.90 Å². The summed E-state index contributed by atoms with van der Waals surface area (Å²) in [5.74, 6) is -4.98. The lowest BCUT2D eigenvalue weighted by Gasteiger charge is -2.33. The molecule has 116 valence electrons. The Bertz CT molecular complexity index is 528. The van der Waals surface area contributed by atoms with E-state index in [1.165, 1.54) is 0 Å². The second-order valence-corrected chi connectivity index (χ2v) is 4.65. The smallest absolute Gasteiger partial charge is 0.238 e. The van der Waals surface area contributed by atoms with E-state index in [4.69, 9.17) is 4.74 Å². The standard InChI is InChI=1S/C13H15F3N2O3/c14-9-1-2-10(13(16)12(9)15)17-11(20)5-18-3-4-21-7-8(18)6-19/h1-2,8,19H,3-7H2,(H,17,20). The highest BCUT2D eigenvalue weighted by atomic mass is 19.2. The van der Waals surface area contributed by atoms with E-state index in [1.807, 2.05) is 0 Å². The number of morpholine rings is 1. The van der Waals surface area contributed by atoms with Crippen molar-refractivity contribution in [1.29, 1.82) is 0 Å². The molecule has 0 aliphatic carbocycles. The number of halogens is 3. The zero-order valence-electron chi connectivity index (χ0n) is 11.1. The Labute approximate surface area is 119 Å². The first-order valence-electron chi connectivity index (χ1n) is 6.39. The van der Waals surface area contributed by atoms with Crippen molar-refractivity contribution in [2.75, 3.05) is 38.2 Å². The van der Waals surface area contributed by atoms with Gasteiger partial charge in [-0.05, 0) is 12.1 Å². The van der Waals surface area contributed by atoms with E-state index >= 15 is 0 Å². The highest BCUT2D eigenvalue weighted by Gasteiger charge is 2.24. The van der Waals surface area contributed by atoms with Gasteiger partial charge in [0, 0.05) is 6.54 Å². The van der Waals surface area contributed by atoms with Crippen molar-refractivity contribution >= 4 is 11.6 Å². The Morgan fingerprint density at radius 2 is 2.14 bits per heavy atom. The van der Waals surface area contributed by atoms with Gasteiger partial charge in [-0.25, -0.2) is 13.2 Å². The highest BCUT2D eigenvalue weighted by Crippen LogP contribution is 2.19. The summed E-state index contributed by atoms with van der Waals surface area (Å²) >= 11 is 0. The lowest BCUT2D eigenvalue weighted by Crippen LogP contribution is -2.50. The molecule has 1 aromatic carbocycles. The van der Waals surface area contributed by atoms with Crippen LogP contribution in [0.4, 0.5) is 18.9 Å². The van der Waals surface area contributed by atoms with Crippen LogP contribution in [0.1, 0.15) is 0 Å². The molecule has 2 N–H and O–H groups in total. The van der Waals surface area contributed by atoms with E-state index in [0.29, 0.717) is 19.8 Å². The largest absolute Gasteiger partial charge is 0.395 e. The van der Waals surface area contributed by atoms with Crippen LogP contribution in [0.2, 0.25) is 0 Å². The van der Waals surface area contributed by atoms with Crippen molar-refractivity contribution in [3.8, 4) is 0 Å². The Kier molecular flexibility index (Phi) is 5.16. The number of carbonyl (C=O) groups is 1. The molecule has 0 aromatic heterocycles. The maximum absolute atomic E-state index is 13.4. The molecule has 21 heavy (non-hydrogen) atoms. The summed E-state index contributed by atoms with van der Waals surface area (Å²) < 4.78 is 44.5. The maximum Gasteiger partial charge on any atom is 0.238 e. The molecule has 1 aliphatic rings. The number of hydrogen-bond donors (Lipinski definition) is 2. The number of aliphatic hydroxyl groups excluding tert-OH is 1. The van der Waals surface area contributed by atoms with Crippen molar-refractivity contribution in [3.63, 3.8) is 0 Å². The van der Waals surface area contributed by atoms with E-state index in [9.17, 15) is 23.1 Å². The first-order chi connectivity index (χ1) is 10.0. The molecule has 1 aromatic rings. The summed E-state index contributed by atoms with van der Waals surface area (Å²) in [7, 11) is 0. The van der Waals surface area contributed by atoms with Crippen LogP contribution in [-0.4, -0.2) is 54.9 Å². The molecule has 1 atom stereocenters. The fourth-order valence-electron chi connectivity index (χ4n) is 2.06. The van der Waals surface area contributed by atoms with Crippen LogP contribution < -0.4 is 5.32 Å². The van der Waals surface area contributed by atoms with Gasteiger partial charge in [0.1, 0.15) is 0 Å². The molecular weight excluding hydrogens is 289 g/mol. The van der Waals surface area contributed by atoms with Gasteiger partial charge in [0.2, 0.25) is 5.91 Å². The number of nitrogens with one attached hydrogen (secondary N) is 1. The van der Waals surface area contributed by atoms with Crippen LogP contribution in [0.25, 0.3) is 0 Å². The number of carbonyl (C=O) groups excluding carboxylic acids is 1. The molecule has 0 radical (unpaired) electrons. The van der Waals surface area contributed by atoms with E-state index < -0.39 is 29.0 Å². The lowest BCUT2D eigenvalue weighted by atomic mass is 10.2. The van der Waals surface area contributed by atoms with Crippen LogP contribution in [0.5, 0.6) is 0 Å². The number of benzene rings is 1. The number of ether oxygens (including phenoxy) is 1. The summed E-state index contributed by atoms with van der Waals surface area (Å²) in [5, 5.41) is 11.4. The zero-order chi connectivity index (χ0) is 15.4. The monoisotopic (exact) mass is 304 g/mol. The number of anilines is 1. The summed E-state index contributed by atoms with van der Waals surface area (Å²) in [6, 6.07) is 1.37. The third-order valence-corrected chi connectivity index (χ3v) is 3.22. The van der Waals surface area contributed by atoms with Crippen molar-refractivity contribution in [3.05, 3.63) is 29.6 Å². The molecule has 0 spiro atoms. The first kappa shape index (κ1) is 15.7. The third kappa shape index (κ3) is 3.72. The van der Waals surface area contributed by atoms with Gasteiger partial charge < -0.3 is 15.2 Å². The highest BCUT2D eigenvalue weighted by molar-refractivity contribution is 5.92. The van der Waals surface area contributed by atoms with E-state index in [0.717, 1.165) is 12.1 Å². The third-order valence-electron chi connectivity index (χ3n) is 3.22. The van der Waals surface area contributed by atoms with Crippen LogP contribution >= 0.6 is 0 Å². The van der Waals surface area contributed by atoms with Gasteiger partial charge in [0.05, 0.1) is 38.1 Å². The van der Waals surface area contributed by atoms with Gasteiger partial charge in [-0.2, -0.15) is 0 Å². The molecule has 1 saturated heterocycles. The number of amides is 1. The molecule has 2 rings (SSSR count). The maximum atomic E-state index is 13.4. The Morgan fingerprint density at radius 3 is 2.86 bits per heavy atom. The average Bonchev–Trinajstić information content (AvgIpc) is 2.48. The summed E-state index contributed by atoms with van der Waals surface area (Å²) in [6.45, 7) is 0.880. The molecule has 0 bridgehead atoms. The van der Waals surface area contributed by atoms with Gasteiger partial charge in [-0.1, -0.05) is 0 Å². The van der Waals surface area contributed by atoms with Crippen molar-refractivity contribution in [2.24, 2.45) is 0 Å². The van der Waals surface area contributed by atoms with Gasteiger partial charge in [-0.3, -0.25) is 9.69 Å². The summed E-state index contributed by atoms with van der Waals surface area (Å²) in [5.41, 5.74) is -0.423. The predicted octanol–water partition coefficient (Wildman–Crippen LogP) is 0.736. The van der Waals surface area contributed by atoms with Crippen LogP contribution in [0, 0.1) is 17.5 Å². The zero-order valence-corrected chi connectivity index (χ0v) is 11.1. The molecule has 1 aliphatic heterocycles. The van der Waals surface area contributed by atoms with Gasteiger partial charge in [0.25, 0.3) is 0 Å². The molecule has 1 unspecified atom stereocenters. The van der Waals surface area contributed by atoms with Crippen LogP contribution in [0.15, 0.2) is 12.1 Å². The SMILES string of the molecule is O=C(CN1CCOCC1CO)Nc1ccc(F)c(F)c1F. The van der Waals surface area contributed by atoms with Gasteiger partial charge in [0.15, 0.2) is 17.5 Å².